The fourth-order valence-electron chi connectivity index (χ4n) is 3.59. The van der Waals surface area contributed by atoms with Gasteiger partial charge in [-0.05, 0) is 44.6 Å². The molecule has 2 heterocycles. The zero-order chi connectivity index (χ0) is 19.4. The van der Waals surface area contributed by atoms with E-state index in [9.17, 15) is 9.59 Å². The molecule has 2 aliphatic rings. The number of nitrogens with zero attached hydrogens (tertiary/aromatic N) is 3. The predicted octanol–water partition coefficient (Wildman–Crippen LogP) is 1.66. The molecule has 7 heteroatoms. The first-order chi connectivity index (χ1) is 12.9. The molecule has 146 valence electrons. The van der Waals surface area contributed by atoms with Crippen LogP contribution in [0.5, 0.6) is 5.75 Å². The van der Waals surface area contributed by atoms with Gasteiger partial charge in [-0.3, -0.25) is 9.69 Å². The second-order valence-corrected chi connectivity index (χ2v) is 7.45. The Kier molecular flexibility index (Phi) is 5.82. The van der Waals surface area contributed by atoms with E-state index in [4.69, 9.17) is 4.74 Å². The van der Waals surface area contributed by atoms with Crippen molar-refractivity contribution >= 4 is 11.9 Å². The highest BCUT2D eigenvalue weighted by Gasteiger charge is 2.52. The van der Waals surface area contributed by atoms with Gasteiger partial charge in [0.25, 0.3) is 5.91 Å². The number of likely N-dealkylation sites (tertiary alicyclic amines) is 1. The number of urea groups is 1. The Balaban J connectivity index is 1.57. The molecule has 1 aromatic carbocycles. The Labute approximate surface area is 160 Å². The van der Waals surface area contributed by atoms with Gasteiger partial charge < -0.3 is 15.0 Å². The van der Waals surface area contributed by atoms with Gasteiger partial charge in [-0.25, -0.2) is 9.69 Å². The Morgan fingerprint density at radius 1 is 1.26 bits per heavy atom. The molecule has 7 nitrogen and oxygen atoms in total. The Bertz CT molecular complexity index is 696. The number of benzene rings is 1. The number of ether oxygens (including phenoxy) is 1. The number of carbonyl (C=O) groups is 2. The van der Waals surface area contributed by atoms with Crippen LogP contribution in [0.1, 0.15) is 18.4 Å². The molecule has 0 aromatic heterocycles. The van der Waals surface area contributed by atoms with Gasteiger partial charge in [0, 0.05) is 19.6 Å². The second-order valence-electron chi connectivity index (χ2n) is 7.45. The van der Waals surface area contributed by atoms with Crippen LogP contribution in [0.15, 0.2) is 36.9 Å². The summed E-state index contributed by atoms with van der Waals surface area (Å²) in [5.74, 6) is 0.695. The third-order valence-corrected chi connectivity index (χ3v) is 5.21. The first kappa shape index (κ1) is 19.4. The maximum absolute atomic E-state index is 12.9. The highest BCUT2D eigenvalue weighted by molar-refractivity contribution is 6.07. The summed E-state index contributed by atoms with van der Waals surface area (Å²) >= 11 is 0. The molecule has 3 amide bonds. The minimum atomic E-state index is -0.714. The normalized spacial score (nSPS) is 19.6. The van der Waals surface area contributed by atoms with E-state index in [1.165, 1.54) is 4.90 Å². The van der Waals surface area contributed by atoms with E-state index in [1.54, 1.807) is 6.08 Å². The van der Waals surface area contributed by atoms with Gasteiger partial charge in [0.05, 0.1) is 6.67 Å². The van der Waals surface area contributed by atoms with Gasteiger partial charge in [-0.15, -0.1) is 0 Å². The molecule has 27 heavy (non-hydrogen) atoms. The molecule has 0 bridgehead atoms. The molecule has 0 atom stereocenters. The van der Waals surface area contributed by atoms with Crippen molar-refractivity contribution in [1.29, 1.82) is 0 Å². The standard InChI is InChI=1S/C20H28N4O3/c1-4-13-27-17-7-5-16(6-8-17)14-23(3)15-24-18(25)20(21-19(24)26)9-11-22(2)12-10-20/h4-8H,1,9-15H2,2-3H3,(H,21,26). The lowest BCUT2D eigenvalue weighted by atomic mass is 9.88. The van der Waals surface area contributed by atoms with Crippen LogP contribution in [0.25, 0.3) is 0 Å². The summed E-state index contributed by atoms with van der Waals surface area (Å²) in [6.45, 7) is 6.64. The molecule has 3 rings (SSSR count). The number of hydrogen-bond acceptors (Lipinski definition) is 5. The van der Waals surface area contributed by atoms with Crippen molar-refractivity contribution in [2.75, 3.05) is 40.5 Å². The Morgan fingerprint density at radius 3 is 2.56 bits per heavy atom. The molecule has 2 saturated heterocycles. The summed E-state index contributed by atoms with van der Waals surface area (Å²) in [4.78, 5) is 30.8. The molecule has 0 radical (unpaired) electrons. The first-order valence-electron chi connectivity index (χ1n) is 9.27. The quantitative estimate of drug-likeness (QED) is 0.582. The average Bonchev–Trinajstić information content (AvgIpc) is 2.88. The van der Waals surface area contributed by atoms with Gasteiger partial charge >= 0.3 is 6.03 Å². The molecule has 1 N–H and O–H groups in total. The molecular weight excluding hydrogens is 344 g/mol. The summed E-state index contributed by atoms with van der Waals surface area (Å²) < 4.78 is 5.48. The number of carbonyl (C=O) groups excluding carboxylic acids is 2. The Hall–Kier alpha value is -2.38. The smallest absolute Gasteiger partial charge is 0.326 e. The van der Waals surface area contributed by atoms with Crippen molar-refractivity contribution in [2.24, 2.45) is 0 Å². The number of imide groups is 1. The molecule has 2 fully saturated rings. The first-order valence-corrected chi connectivity index (χ1v) is 9.27. The van der Waals surface area contributed by atoms with Crippen LogP contribution in [0.4, 0.5) is 4.79 Å². The third kappa shape index (κ3) is 4.31. The van der Waals surface area contributed by atoms with Crippen LogP contribution in [-0.2, 0) is 11.3 Å². The van der Waals surface area contributed by atoms with Crippen molar-refractivity contribution in [3.05, 3.63) is 42.5 Å². The number of amides is 3. The molecule has 1 spiro atoms. The minimum Gasteiger partial charge on any atom is -0.490 e. The van der Waals surface area contributed by atoms with Crippen molar-refractivity contribution in [1.82, 2.24) is 20.0 Å². The fourth-order valence-corrected chi connectivity index (χ4v) is 3.59. The van der Waals surface area contributed by atoms with E-state index < -0.39 is 5.54 Å². The van der Waals surface area contributed by atoms with Crippen LogP contribution in [0, 0.1) is 0 Å². The van der Waals surface area contributed by atoms with E-state index in [1.807, 2.05) is 43.3 Å². The second kappa shape index (κ2) is 8.10. The lowest BCUT2D eigenvalue weighted by Gasteiger charge is -2.35. The van der Waals surface area contributed by atoms with Gasteiger partial charge in [0.1, 0.15) is 17.9 Å². The Morgan fingerprint density at radius 2 is 1.93 bits per heavy atom. The van der Waals surface area contributed by atoms with Gasteiger partial charge in [0.15, 0.2) is 0 Å². The monoisotopic (exact) mass is 372 g/mol. The highest BCUT2D eigenvalue weighted by atomic mass is 16.5. The van der Waals surface area contributed by atoms with Crippen LogP contribution >= 0.6 is 0 Å². The lowest BCUT2D eigenvalue weighted by Crippen LogP contribution is -2.54. The number of piperidine rings is 1. The number of hydrogen-bond donors (Lipinski definition) is 1. The van der Waals surface area contributed by atoms with E-state index in [-0.39, 0.29) is 18.6 Å². The number of nitrogens with one attached hydrogen (secondary N) is 1. The summed E-state index contributed by atoms with van der Waals surface area (Å²) in [7, 11) is 3.94. The average molecular weight is 372 g/mol. The van der Waals surface area contributed by atoms with Crippen LogP contribution in [0.3, 0.4) is 0 Å². The predicted molar refractivity (Wildman–Crippen MR) is 103 cm³/mol. The van der Waals surface area contributed by atoms with Crippen molar-refractivity contribution in [2.45, 2.75) is 24.9 Å². The topological polar surface area (TPSA) is 65.1 Å². The van der Waals surface area contributed by atoms with E-state index in [0.717, 1.165) is 24.4 Å². The zero-order valence-corrected chi connectivity index (χ0v) is 16.1. The fraction of sp³-hybridized carbons (Fsp3) is 0.500. The van der Waals surface area contributed by atoms with E-state index in [0.29, 0.717) is 26.0 Å². The summed E-state index contributed by atoms with van der Waals surface area (Å²) in [6, 6.07) is 7.50. The van der Waals surface area contributed by atoms with Gasteiger partial charge in [-0.1, -0.05) is 24.8 Å². The summed E-state index contributed by atoms with van der Waals surface area (Å²) in [6.07, 6.45) is 3.04. The highest BCUT2D eigenvalue weighted by Crippen LogP contribution is 2.29. The van der Waals surface area contributed by atoms with Crippen LogP contribution in [0.2, 0.25) is 0 Å². The van der Waals surface area contributed by atoms with Gasteiger partial charge in [-0.2, -0.15) is 0 Å². The largest absolute Gasteiger partial charge is 0.490 e. The van der Waals surface area contributed by atoms with Crippen LogP contribution < -0.4 is 10.1 Å². The van der Waals surface area contributed by atoms with Crippen LogP contribution in [-0.4, -0.2) is 72.6 Å². The molecule has 0 aliphatic carbocycles. The maximum atomic E-state index is 12.9. The minimum absolute atomic E-state index is 0.0966. The van der Waals surface area contributed by atoms with Crippen molar-refractivity contribution in [3.8, 4) is 5.75 Å². The number of rotatable bonds is 7. The molecule has 0 saturated carbocycles. The SMILES string of the molecule is C=CCOc1ccc(CN(C)CN2C(=O)NC3(CCN(C)CC3)C2=O)cc1. The summed E-state index contributed by atoms with van der Waals surface area (Å²) in [5, 5.41) is 2.95. The lowest BCUT2D eigenvalue weighted by molar-refractivity contribution is -0.134. The van der Waals surface area contributed by atoms with Crippen molar-refractivity contribution < 1.29 is 14.3 Å². The third-order valence-electron chi connectivity index (χ3n) is 5.21. The van der Waals surface area contributed by atoms with Gasteiger partial charge in [0.2, 0.25) is 0 Å². The van der Waals surface area contributed by atoms with E-state index >= 15 is 0 Å². The molecule has 2 aliphatic heterocycles. The summed E-state index contributed by atoms with van der Waals surface area (Å²) in [5.41, 5.74) is 0.374. The zero-order valence-electron chi connectivity index (χ0n) is 16.1. The van der Waals surface area contributed by atoms with Crippen molar-refractivity contribution in [3.63, 3.8) is 0 Å². The van der Waals surface area contributed by atoms with E-state index in [2.05, 4.69) is 16.8 Å². The molecular formula is C20H28N4O3. The molecule has 0 unspecified atom stereocenters. The maximum Gasteiger partial charge on any atom is 0.326 e. The molecule has 1 aromatic rings.